The van der Waals surface area contributed by atoms with Crippen LogP contribution in [0.1, 0.15) is 23.3 Å². The number of amides is 1. The lowest BCUT2D eigenvalue weighted by Crippen LogP contribution is -2.42. The summed E-state index contributed by atoms with van der Waals surface area (Å²) in [6.07, 6.45) is 2.66. The Balaban J connectivity index is 2.05. The van der Waals surface area contributed by atoms with E-state index in [1.165, 1.54) is 17.2 Å². The monoisotopic (exact) mass is 224 g/mol. The van der Waals surface area contributed by atoms with Crippen molar-refractivity contribution in [1.82, 2.24) is 10.1 Å². The molecular weight excluding hydrogens is 212 g/mol. The SMILES string of the molecule is O=C(O)[C@@H]1CCCN(C(=O)c2ccon2)C1. The van der Waals surface area contributed by atoms with E-state index in [1.54, 1.807) is 0 Å². The maximum absolute atomic E-state index is 11.8. The number of hydrogen-bond donors (Lipinski definition) is 1. The first kappa shape index (κ1) is 10.7. The standard InChI is InChI=1S/C10H12N2O4/c13-9(8-3-5-16-11-8)12-4-1-2-7(6-12)10(14)15/h3,5,7H,1-2,4,6H2,(H,14,15)/t7-/m1/s1. The first-order valence-corrected chi connectivity index (χ1v) is 5.11. The Morgan fingerprint density at radius 2 is 2.38 bits per heavy atom. The van der Waals surface area contributed by atoms with Gasteiger partial charge in [-0.2, -0.15) is 0 Å². The quantitative estimate of drug-likeness (QED) is 0.795. The normalized spacial score (nSPS) is 20.8. The third-order valence-electron chi connectivity index (χ3n) is 2.71. The lowest BCUT2D eigenvalue weighted by molar-refractivity contribution is -0.143. The fourth-order valence-corrected chi connectivity index (χ4v) is 1.85. The largest absolute Gasteiger partial charge is 0.481 e. The first-order chi connectivity index (χ1) is 7.68. The molecule has 0 spiro atoms. The van der Waals surface area contributed by atoms with E-state index < -0.39 is 11.9 Å². The van der Waals surface area contributed by atoms with Crippen LogP contribution in [0.25, 0.3) is 0 Å². The van der Waals surface area contributed by atoms with Gasteiger partial charge in [0.2, 0.25) is 0 Å². The zero-order chi connectivity index (χ0) is 11.5. The number of carboxylic acid groups (broad SMARTS) is 1. The number of aliphatic carboxylic acids is 1. The molecule has 2 rings (SSSR count). The van der Waals surface area contributed by atoms with Crippen molar-refractivity contribution in [3.63, 3.8) is 0 Å². The molecule has 0 aliphatic carbocycles. The van der Waals surface area contributed by atoms with E-state index in [2.05, 4.69) is 9.68 Å². The van der Waals surface area contributed by atoms with Gasteiger partial charge in [-0.3, -0.25) is 9.59 Å². The van der Waals surface area contributed by atoms with Gasteiger partial charge < -0.3 is 14.5 Å². The topological polar surface area (TPSA) is 83.6 Å². The number of carbonyl (C=O) groups excluding carboxylic acids is 1. The van der Waals surface area contributed by atoms with Gasteiger partial charge in [0, 0.05) is 19.2 Å². The molecule has 1 aromatic heterocycles. The van der Waals surface area contributed by atoms with E-state index in [1.807, 2.05) is 0 Å². The zero-order valence-electron chi connectivity index (χ0n) is 8.63. The van der Waals surface area contributed by atoms with Crippen molar-refractivity contribution < 1.29 is 19.2 Å². The van der Waals surface area contributed by atoms with Crippen molar-refractivity contribution in [3.8, 4) is 0 Å². The molecule has 0 radical (unpaired) electrons. The number of rotatable bonds is 2. The molecule has 1 atom stereocenters. The number of hydrogen-bond acceptors (Lipinski definition) is 4. The lowest BCUT2D eigenvalue weighted by atomic mass is 9.98. The molecule has 1 amide bonds. The zero-order valence-corrected chi connectivity index (χ0v) is 8.63. The predicted molar refractivity (Wildman–Crippen MR) is 52.8 cm³/mol. The molecular formula is C10H12N2O4. The van der Waals surface area contributed by atoms with Crippen molar-refractivity contribution in [1.29, 1.82) is 0 Å². The van der Waals surface area contributed by atoms with E-state index >= 15 is 0 Å². The number of carbonyl (C=O) groups is 2. The summed E-state index contributed by atoms with van der Waals surface area (Å²) in [5, 5.41) is 12.4. The minimum absolute atomic E-state index is 0.228. The molecule has 0 bridgehead atoms. The van der Waals surface area contributed by atoms with Gasteiger partial charge in [0.25, 0.3) is 5.91 Å². The van der Waals surface area contributed by atoms with Crippen LogP contribution < -0.4 is 0 Å². The second kappa shape index (κ2) is 4.34. The maximum Gasteiger partial charge on any atom is 0.308 e. The van der Waals surface area contributed by atoms with Gasteiger partial charge in [0.05, 0.1) is 5.92 Å². The molecule has 1 N–H and O–H groups in total. The number of carboxylic acids is 1. The summed E-state index contributed by atoms with van der Waals surface area (Å²) >= 11 is 0. The summed E-state index contributed by atoms with van der Waals surface area (Å²) in [4.78, 5) is 24.2. The summed E-state index contributed by atoms with van der Waals surface area (Å²) in [5.41, 5.74) is 0.228. The van der Waals surface area contributed by atoms with Crippen LogP contribution in [0.4, 0.5) is 0 Å². The van der Waals surface area contributed by atoms with E-state index in [-0.39, 0.29) is 18.1 Å². The molecule has 1 aliphatic heterocycles. The Hall–Kier alpha value is -1.85. The van der Waals surface area contributed by atoms with Crippen molar-refractivity contribution in [2.75, 3.05) is 13.1 Å². The van der Waals surface area contributed by atoms with Crippen molar-refractivity contribution in [3.05, 3.63) is 18.0 Å². The fraction of sp³-hybridized carbons (Fsp3) is 0.500. The highest BCUT2D eigenvalue weighted by atomic mass is 16.5. The predicted octanol–water partition coefficient (Wildman–Crippen LogP) is 0.611. The van der Waals surface area contributed by atoms with Crippen molar-refractivity contribution >= 4 is 11.9 Å². The van der Waals surface area contributed by atoms with E-state index in [0.29, 0.717) is 19.4 Å². The minimum Gasteiger partial charge on any atom is -0.481 e. The van der Waals surface area contributed by atoms with Crippen LogP contribution in [0, 0.1) is 5.92 Å². The van der Waals surface area contributed by atoms with Crippen LogP contribution in [-0.4, -0.2) is 40.1 Å². The highest BCUT2D eigenvalue weighted by Crippen LogP contribution is 2.18. The lowest BCUT2D eigenvalue weighted by Gasteiger charge is -2.29. The second-order valence-corrected chi connectivity index (χ2v) is 3.81. The Morgan fingerprint density at radius 3 is 3.00 bits per heavy atom. The minimum atomic E-state index is -0.849. The molecule has 0 unspecified atom stereocenters. The van der Waals surface area contributed by atoms with Crippen LogP contribution in [0.15, 0.2) is 16.9 Å². The Labute approximate surface area is 91.8 Å². The summed E-state index contributed by atoms with van der Waals surface area (Å²) in [7, 11) is 0. The average Bonchev–Trinajstić information content (AvgIpc) is 2.81. The smallest absolute Gasteiger partial charge is 0.308 e. The number of nitrogens with zero attached hydrogens (tertiary/aromatic N) is 2. The van der Waals surface area contributed by atoms with Gasteiger partial charge in [-0.1, -0.05) is 5.16 Å². The molecule has 2 heterocycles. The van der Waals surface area contributed by atoms with Crippen LogP contribution in [0.5, 0.6) is 0 Å². The average molecular weight is 224 g/mol. The van der Waals surface area contributed by atoms with E-state index in [9.17, 15) is 9.59 Å². The molecule has 0 saturated carbocycles. The number of likely N-dealkylation sites (tertiary alicyclic amines) is 1. The number of piperidine rings is 1. The highest BCUT2D eigenvalue weighted by Gasteiger charge is 2.29. The molecule has 6 nitrogen and oxygen atoms in total. The maximum atomic E-state index is 11.8. The fourth-order valence-electron chi connectivity index (χ4n) is 1.85. The second-order valence-electron chi connectivity index (χ2n) is 3.81. The molecule has 1 aliphatic rings. The molecule has 1 saturated heterocycles. The summed E-state index contributed by atoms with van der Waals surface area (Å²) in [6, 6.07) is 1.48. The molecule has 86 valence electrons. The van der Waals surface area contributed by atoms with Gasteiger partial charge in [-0.05, 0) is 12.8 Å². The van der Waals surface area contributed by atoms with Gasteiger partial charge in [0.15, 0.2) is 5.69 Å². The summed E-state index contributed by atoms with van der Waals surface area (Å²) < 4.78 is 4.59. The third kappa shape index (κ3) is 2.05. The molecule has 0 aromatic carbocycles. The van der Waals surface area contributed by atoms with Crippen LogP contribution in [0.3, 0.4) is 0 Å². The molecule has 6 heteroatoms. The first-order valence-electron chi connectivity index (χ1n) is 5.11. The summed E-state index contributed by atoms with van der Waals surface area (Å²) in [6.45, 7) is 0.830. The molecule has 1 fully saturated rings. The third-order valence-corrected chi connectivity index (χ3v) is 2.71. The van der Waals surface area contributed by atoms with Gasteiger partial charge in [-0.25, -0.2) is 0 Å². The molecule has 16 heavy (non-hydrogen) atoms. The van der Waals surface area contributed by atoms with E-state index in [0.717, 1.165) is 0 Å². The highest BCUT2D eigenvalue weighted by molar-refractivity contribution is 5.92. The van der Waals surface area contributed by atoms with Gasteiger partial charge >= 0.3 is 5.97 Å². The van der Waals surface area contributed by atoms with Gasteiger partial charge in [0.1, 0.15) is 6.26 Å². The molecule has 1 aromatic rings. The van der Waals surface area contributed by atoms with Crippen LogP contribution >= 0.6 is 0 Å². The van der Waals surface area contributed by atoms with Crippen LogP contribution in [0.2, 0.25) is 0 Å². The number of aromatic nitrogens is 1. The van der Waals surface area contributed by atoms with E-state index in [4.69, 9.17) is 5.11 Å². The van der Waals surface area contributed by atoms with Gasteiger partial charge in [-0.15, -0.1) is 0 Å². The van der Waals surface area contributed by atoms with Crippen LogP contribution in [-0.2, 0) is 4.79 Å². The summed E-state index contributed by atoms with van der Waals surface area (Å²) in [5.74, 6) is -1.58. The van der Waals surface area contributed by atoms with Crippen molar-refractivity contribution in [2.24, 2.45) is 5.92 Å². The Kier molecular flexibility index (Phi) is 2.89. The Bertz CT molecular complexity index is 388. The van der Waals surface area contributed by atoms with Crippen molar-refractivity contribution in [2.45, 2.75) is 12.8 Å². The Morgan fingerprint density at radius 1 is 1.56 bits per heavy atom.